The summed E-state index contributed by atoms with van der Waals surface area (Å²) in [6.07, 6.45) is 6.05. The van der Waals surface area contributed by atoms with Gasteiger partial charge in [0, 0.05) is 31.0 Å². The summed E-state index contributed by atoms with van der Waals surface area (Å²) >= 11 is 1.48. The van der Waals surface area contributed by atoms with Crippen molar-refractivity contribution in [1.29, 1.82) is 0 Å². The number of carbonyl (C=O) groups excluding carboxylic acids is 1. The third-order valence-corrected chi connectivity index (χ3v) is 9.05. The van der Waals surface area contributed by atoms with Crippen LogP contribution in [-0.4, -0.2) is 40.7 Å². The van der Waals surface area contributed by atoms with Crippen molar-refractivity contribution < 1.29 is 13.2 Å². The van der Waals surface area contributed by atoms with Gasteiger partial charge in [0.2, 0.25) is 0 Å². The lowest BCUT2D eigenvalue weighted by Gasteiger charge is -2.20. The molecule has 0 atom stereocenters. The van der Waals surface area contributed by atoms with E-state index < -0.39 is 15.1 Å². The van der Waals surface area contributed by atoms with Gasteiger partial charge >= 0.3 is 0 Å². The molecule has 0 radical (unpaired) electrons. The van der Waals surface area contributed by atoms with E-state index in [1.54, 1.807) is 49.5 Å². The van der Waals surface area contributed by atoms with Crippen LogP contribution in [0.15, 0.2) is 60.0 Å². The van der Waals surface area contributed by atoms with Crippen LogP contribution in [-0.2, 0) is 16.4 Å². The van der Waals surface area contributed by atoms with Gasteiger partial charge in [0.1, 0.15) is 0 Å². The minimum absolute atomic E-state index is 0.155. The fraction of sp³-hybridized carbons (Fsp3) is 0.320. The number of amides is 1. The molecule has 2 aromatic carbocycles. The number of aryl methyl sites for hydroxylation is 3. The molecule has 0 aliphatic heterocycles. The van der Waals surface area contributed by atoms with E-state index in [1.807, 2.05) is 30.7 Å². The molecule has 0 aliphatic carbocycles. The standard InChI is InChI=1S/C25H28N4O3S2/c1-17(2)34(31,32)21-8-5-7-20(15-21)24(30)29(11-6-10-28-12-9-26-16-28)25-27-22-14-18(3)13-19(4)23(22)33-25/h5,7-9,12-17H,6,10-11H2,1-4H3. The highest BCUT2D eigenvalue weighted by Crippen LogP contribution is 2.33. The summed E-state index contributed by atoms with van der Waals surface area (Å²) in [5.74, 6) is -0.264. The van der Waals surface area contributed by atoms with E-state index in [9.17, 15) is 13.2 Å². The largest absolute Gasteiger partial charge is 0.337 e. The molecule has 0 bridgehead atoms. The van der Waals surface area contributed by atoms with Crippen LogP contribution in [0, 0.1) is 13.8 Å². The number of benzene rings is 2. The van der Waals surface area contributed by atoms with Crippen molar-refractivity contribution in [3.05, 3.63) is 71.8 Å². The number of hydrogen-bond acceptors (Lipinski definition) is 6. The lowest BCUT2D eigenvalue weighted by atomic mass is 10.1. The summed E-state index contributed by atoms with van der Waals surface area (Å²) in [5, 5.41) is 0.0380. The molecular formula is C25H28N4O3S2. The molecule has 34 heavy (non-hydrogen) atoms. The molecule has 0 unspecified atom stereocenters. The van der Waals surface area contributed by atoms with Gasteiger partial charge < -0.3 is 4.57 Å². The van der Waals surface area contributed by atoms with Crippen molar-refractivity contribution >= 4 is 42.4 Å². The Morgan fingerprint density at radius 3 is 2.68 bits per heavy atom. The first kappa shape index (κ1) is 24.1. The maximum atomic E-state index is 13.7. The summed E-state index contributed by atoms with van der Waals surface area (Å²) in [5.41, 5.74) is 3.43. The second kappa shape index (κ2) is 9.68. The van der Waals surface area contributed by atoms with Gasteiger partial charge in [-0.3, -0.25) is 9.69 Å². The zero-order chi connectivity index (χ0) is 24.5. The zero-order valence-electron chi connectivity index (χ0n) is 19.7. The van der Waals surface area contributed by atoms with Crippen molar-refractivity contribution in [2.75, 3.05) is 11.4 Å². The van der Waals surface area contributed by atoms with E-state index in [-0.39, 0.29) is 10.8 Å². The maximum Gasteiger partial charge on any atom is 0.260 e. The van der Waals surface area contributed by atoms with E-state index >= 15 is 0 Å². The summed E-state index contributed by atoms with van der Waals surface area (Å²) in [4.78, 5) is 24.4. The lowest BCUT2D eigenvalue weighted by molar-refractivity contribution is 0.0986. The van der Waals surface area contributed by atoms with Gasteiger partial charge in [0.25, 0.3) is 5.91 Å². The number of carbonyl (C=O) groups is 1. The molecule has 4 aromatic rings. The minimum Gasteiger partial charge on any atom is -0.337 e. The van der Waals surface area contributed by atoms with E-state index in [4.69, 9.17) is 4.98 Å². The van der Waals surface area contributed by atoms with Gasteiger partial charge in [-0.1, -0.05) is 23.5 Å². The quantitative estimate of drug-likeness (QED) is 0.342. The first-order chi connectivity index (χ1) is 16.2. The molecule has 0 N–H and O–H groups in total. The number of sulfone groups is 1. The second-order valence-electron chi connectivity index (χ2n) is 8.66. The van der Waals surface area contributed by atoms with E-state index in [0.717, 1.165) is 21.3 Å². The molecule has 7 nitrogen and oxygen atoms in total. The Morgan fingerprint density at radius 2 is 1.97 bits per heavy atom. The fourth-order valence-electron chi connectivity index (χ4n) is 3.83. The van der Waals surface area contributed by atoms with Gasteiger partial charge in [-0.05, 0) is 69.5 Å². The number of nitrogens with zero attached hydrogens (tertiary/aromatic N) is 4. The van der Waals surface area contributed by atoms with Crippen molar-refractivity contribution in [3.8, 4) is 0 Å². The van der Waals surface area contributed by atoms with E-state index in [1.165, 1.54) is 17.4 Å². The molecular weight excluding hydrogens is 468 g/mol. The van der Waals surface area contributed by atoms with Crippen LogP contribution in [0.1, 0.15) is 41.8 Å². The molecule has 4 rings (SSSR count). The van der Waals surface area contributed by atoms with Crippen LogP contribution in [0.4, 0.5) is 5.13 Å². The van der Waals surface area contributed by atoms with Crippen molar-refractivity contribution in [1.82, 2.24) is 14.5 Å². The molecule has 2 heterocycles. The number of aromatic nitrogens is 3. The third kappa shape index (κ3) is 4.90. The van der Waals surface area contributed by atoms with Crippen LogP contribution < -0.4 is 4.90 Å². The van der Waals surface area contributed by atoms with Crippen LogP contribution >= 0.6 is 11.3 Å². The highest BCUT2D eigenvalue weighted by molar-refractivity contribution is 7.92. The Bertz CT molecular complexity index is 1420. The topological polar surface area (TPSA) is 85.2 Å². The fourth-order valence-corrected chi connectivity index (χ4v) is 5.97. The summed E-state index contributed by atoms with van der Waals surface area (Å²) in [7, 11) is -3.49. The Labute approximate surface area is 204 Å². The zero-order valence-corrected chi connectivity index (χ0v) is 21.4. The lowest BCUT2D eigenvalue weighted by Crippen LogP contribution is -2.32. The molecule has 0 fully saturated rings. The Kier molecular flexibility index (Phi) is 6.86. The van der Waals surface area contributed by atoms with E-state index in [0.29, 0.717) is 30.2 Å². The average Bonchev–Trinajstić information content (AvgIpc) is 3.46. The molecule has 0 aliphatic rings. The molecule has 2 aromatic heterocycles. The van der Waals surface area contributed by atoms with Gasteiger partial charge in [-0.25, -0.2) is 18.4 Å². The first-order valence-corrected chi connectivity index (χ1v) is 13.5. The Morgan fingerprint density at radius 1 is 1.18 bits per heavy atom. The van der Waals surface area contributed by atoms with Gasteiger partial charge in [0.15, 0.2) is 15.0 Å². The van der Waals surface area contributed by atoms with Crippen LogP contribution in [0.25, 0.3) is 10.2 Å². The molecule has 0 saturated carbocycles. The molecule has 1 amide bonds. The van der Waals surface area contributed by atoms with Crippen LogP contribution in [0.3, 0.4) is 0 Å². The molecule has 9 heteroatoms. The van der Waals surface area contributed by atoms with Crippen molar-refractivity contribution in [2.24, 2.45) is 0 Å². The van der Waals surface area contributed by atoms with Gasteiger partial charge in [0.05, 0.1) is 26.7 Å². The monoisotopic (exact) mass is 496 g/mol. The summed E-state index contributed by atoms with van der Waals surface area (Å²) in [6, 6.07) is 10.4. The average molecular weight is 497 g/mol. The van der Waals surface area contributed by atoms with Crippen molar-refractivity contribution in [2.45, 2.75) is 50.8 Å². The normalized spacial score (nSPS) is 11.9. The smallest absolute Gasteiger partial charge is 0.260 e. The number of fused-ring (bicyclic) bond motifs is 1. The maximum absolute atomic E-state index is 13.7. The summed E-state index contributed by atoms with van der Waals surface area (Å²) in [6.45, 7) is 8.49. The van der Waals surface area contributed by atoms with Crippen LogP contribution in [0.5, 0.6) is 0 Å². The SMILES string of the molecule is Cc1cc(C)c2sc(N(CCCn3ccnc3)C(=O)c3cccc(S(=O)(=O)C(C)C)c3)nc2c1. The van der Waals surface area contributed by atoms with Gasteiger partial charge in [-0.15, -0.1) is 0 Å². The second-order valence-corrected chi connectivity index (χ2v) is 12.1. The van der Waals surface area contributed by atoms with Gasteiger partial charge in [-0.2, -0.15) is 0 Å². The molecule has 0 spiro atoms. The Hall–Kier alpha value is -3.04. The number of imidazole rings is 1. The minimum atomic E-state index is -3.49. The number of rotatable bonds is 8. The third-order valence-electron chi connectivity index (χ3n) is 5.67. The van der Waals surface area contributed by atoms with E-state index in [2.05, 4.69) is 11.1 Å². The van der Waals surface area contributed by atoms with Crippen LogP contribution in [0.2, 0.25) is 0 Å². The first-order valence-electron chi connectivity index (χ1n) is 11.2. The number of hydrogen-bond donors (Lipinski definition) is 0. The predicted molar refractivity (Wildman–Crippen MR) is 136 cm³/mol. The highest BCUT2D eigenvalue weighted by Gasteiger charge is 2.25. The number of anilines is 1. The summed E-state index contributed by atoms with van der Waals surface area (Å²) < 4.78 is 28.4. The highest BCUT2D eigenvalue weighted by atomic mass is 32.2. The van der Waals surface area contributed by atoms with Crippen molar-refractivity contribution in [3.63, 3.8) is 0 Å². The molecule has 0 saturated heterocycles. The number of thiazole rings is 1. The predicted octanol–water partition coefficient (Wildman–Crippen LogP) is 5.03. The Balaban J connectivity index is 1.71. The molecule has 178 valence electrons.